The van der Waals surface area contributed by atoms with E-state index in [0.717, 1.165) is 29.3 Å². The summed E-state index contributed by atoms with van der Waals surface area (Å²) in [6.07, 6.45) is 1.60. The van der Waals surface area contributed by atoms with E-state index in [-0.39, 0.29) is 5.91 Å². The lowest BCUT2D eigenvalue weighted by molar-refractivity contribution is 0.102. The zero-order valence-corrected chi connectivity index (χ0v) is 15.2. The Balaban J connectivity index is 1.57. The molecular weight excluding hydrogens is 350 g/mol. The number of nitrogens with zero attached hydrogens (tertiary/aromatic N) is 2. The summed E-state index contributed by atoms with van der Waals surface area (Å²) in [5.41, 5.74) is 2.22. The van der Waals surface area contributed by atoms with Crippen LogP contribution in [0.1, 0.15) is 15.4 Å². The molecule has 0 atom stereocenters. The topological polar surface area (TPSA) is 67.6 Å². The van der Waals surface area contributed by atoms with E-state index in [9.17, 15) is 4.79 Å². The predicted molar refractivity (Wildman–Crippen MR) is 102 cm³/mol. The molecular formula is C19H19N3O3S. The molecule has 134 valence electrons. The van der Waals surface area contributed by atoms with Gasteiger partial charge in [0.1, 0.15) is 5.69 Å². The Bertz CT molecular complexity index is 899. The number of amides is 1. The first-order valence-electron chi connectivity index (χ1n) is 8.47. The highest BCUT2D eigenvalue weighted by molar-refractivity contribution is 7.15. The average Bonchev–Trinajstić information content (AvgIpc) is 3.32. The van der Waals surface area contributed by atoms with Crippen molar-refractivity contribution < 1.29 is 13.9 Å². The van der Waals surface area contributed by atoms with E-state index in [1.165, 1.54) is 11.3 Å². The molecule has 0 aliphatic carbocycles. The van der Waals surface area contributed by atoms with Crippen molar-refractivity contribution >= 4 is 28.6 Å². The van der Waals surface area contributed by atoms with E-state index in [4.69, 9.17) is 9.15 Å². The second kappa shape index (κ2) is 7.31. The lowest BCUT2D eigenvalue weighted by Gasteiger charge is -2.30. The van der Waals surface area contributed by atoms with Gasteiger partial charge in [0.2, 0.25) is 0 Å². The maximum Gasteiger partial charge on any atom is 0.275 e. The summed E-state index contributed by atoms with van der Waals surface area (Å²) < 4.78 is 10.8. The van der Waals surface area contributed by atoms with Gasteiger partial charge in [0.25, 0.3) is 5.91 Å². The molecule has 1 N–H and O–H groups in total. The number of para-hydroxylation sites is 2. The number of furan rings is 1. The van der Waals surface area contributed by atoms with Gasteiger partial charge in [-0.05, 0) is 31.2 Å². The first kappa shape index (κ1) is 16.8. The number of nitrogens with one attached hydrogen (secondary N) is 1. The van der Waals surface area contributed by atoms with Crippen molar-refractivity contribution in [2.45, 2.75) is 6.92 Å². The van der Waals surface area contributed by atoms with Gasteiger partial charge in [-0.3, -0.25) is 4.79 Å². The van der Waals surface area contributed by atoms with Crippen molar-refractivity contribution in [2.75, 3.05) is 36.5 Å². The number of carbonyl (C=O) groups is 1. The number of hydrogen-bond acceptors (Lipinski definition) is 6. The Labute approximate surface area is 155 Å². The molecule has 0 unspecified atom stereocenters. The van der Waals surface area contributed by atoms with Gasteiger partial charge in [-0.25, -0.2) is 4.98 Å². The standard InChI is InChI=1S/C19H19N3O3S/c1-13-17(21-19(26-13)16-7-4-10-25-16)18(23)20-14-5-2-3-6-15(14)22-8-11-24-12-9-22/h2-7,10H,8-9,11-12H2,1H3,(H,20,23). The van der Waals surface area contributed by atoms with Gasteiger partial charge in [0.05, 0.1) is 30.9 Å². The van der Waals surface area contributed by atoms with E-state index in [1.807, 2.05) is 43.3 Å². The third-order valence-corrected chi connectivity index (χ3v) is 5.23. The quantitative estimate of drug-likeness (QED) is 0.758. The molecule has 3 aromatic rings. The molecule has 0 saturated carbocycles. The summed E-state index contributed by atoms with van der Waals surface area (Å²) in [6, 6.07) is 11.5. The minimum absolute atomic E-state index is 0.211. The number of anilines is 2. The number of carbonyl (C=O) groups excluding carboxylic acids is 1. The Kier molecular flexibility index (Phi) is 4.73. The minimum atomic E-state index is -0.211. The van der Waals surface area contributed by atoms with Gasteiger partial charge in [-0.15, -0.1) is 11.3 Å². The molecule has 3 heterocycles. The second-order valence-electron chi connectivity index (χ2n) is 5.97. The van der Waals surface area contributed by atoms with Crippen LogP contribution in [0.5, 0.6) is 0 Å². The van der Waals surface area contributed by atoms with Crippen molar-refractivity contribution in [3.05, 3.63) is 53.2 Å². The van der Waals surface area contributed by atoms with E-state index in [2.05, 4.69) is 15.2 Å². The molecule has 0 bridgehead atoms. The fourth-order valence-electron chi connectivity index (χ4n) is 2.95. The van der Waals surface area contributed by atoms with Crippen LogP contribution in [0.15, 0.2) is 47.1 Å². The van der Waals surface area contributed by atoms with Crippen LogP contribution >= 0.6 is 11.3 Å². The molecule has 4 rings (SSSR count). The van der Waals surface area contributed by atoms with E-state index in [0.29, 0.717) is 29.7 Å². The molecule has 26 heavy (non-hydrogen) atoms. The van der Waals surface area contributed by atoms with Crippen LogP contribution in [0.25, 0.3) is 10.8 Å². The monoisotopic (exact) mass is 369 g/mol. The summed E-state index contributed by atoms with van der Waals surface area (Å²) in [5.74, 6) is 0.461. The van der Waals surface area contributed by atoms with Crippen LogP contribution in [-0.4, -0.2) is 37.2 Å². The number of hydrogen-bond donors (Lipinski definition) is 1. The van der Waals surface area contributed by atoms with Gasteiger partial charge in [-0.2, -0.15) is 0 Å². The van der Waals surface area contributed by atoms with Gasteiger partial charge >= 0.3 is 0 Å². The first-order valence-corrected chi connectivity index (χ1v) is 9.28. The Morgan fingerprint density at radius 3 is 2.77 bits per heavy atom. The van der Waals surface area contributed by atoms with Crippen molar-refractivity contribution in [1.82, 2.24) is 4.98 Å². The number of thiazole rings is 1. The summed E-state index contributed by atoms with van der Waals surface area (Å²) in [4.78, 5) is 20.4. The average molecular weight is 369 g/mol. The van der Waals surface area contributed by atoms with Gasteiger partial charge in [0.15, 0.2) is 10.8 Å². The number of aromatic nitrogens is 1. The summed E-state index contributed by atoms with van der Waals surface area (Å²) in [7, 11) is 0. The minimum Gasteiger partial charge on any atom is -0.462 e. The number of benzene rings is 1. The normalized spacial score (nSPS) is 14.4. The SMILES string of the molecule is Cc1sc(-c2ccco2)nc1C(=O)Nc1ccccc1N1CCOCC1. The largest absolute Gasteiger partial charge is 0.462 e. The Morgan fingerprint density at radius 2 is 2.00 bits per heavy atom. The molecule has 1 aromatic carbocycles. The zero-order valence-electron chi connectivity index (χ0n) is 14.4. The second-order valence-corrected chi connectivity index (χ2v) is 7.18. The van der Waals surface area contributed by atoms with Crippen molar-refractivity contribution in [3.8, 4) is 10.8 Å². The summed E-state index contributed by atoms with van der Waals surface area (Å²) >= 11 is 1.45. The molecule has 2 aromatic heterocycles. The van der Waals surface area contributed by atoms with Gasteiger partial charge < -0.3 is 19.4 Å². The van der Waals surface area contributed by atoms with Gasteiger partial charge in [-0.1, -0.05) is 12.1 Å². The predicted octanol–water partition coefficient (Wildman–Crippen LogP) is 3.80. The molecule has 6 nitrogen and oxygen atoms in total. The van der Waals surface area contributed by atoms with Crippen molar-refractivity contribution in [2.24, 2.45) is 0 Å². The third-order valence-electron chi connectivity index (χ3n) is 4.25. The van der Waals surface area contributed by atoms with Crippen LogP contribution in [0, 0.1) is 6.92 Å². The first-order chi connectivity index (χ1) is 12.7. The molecule has 1 aliphatic heterocycles. The molecule has 1 fully saturated rings. The summed E-state index contributed by atoms with van der Waals surface area (Å²) in [6.45, 7) is 4.91. The molecule has 1 aliphatic rings. The fraction of sp³-hybridized carbons (Fsp3) is 0.263. The van der Waals surface area contributed by atoms with E-state index < -0.39 is 0 Å². The molecule has 1 saturated heterocycles. The Hall–Kier alpha value is -2.64. The number of aryl methyl sites for hydroxylation is 1. The van der Waals surface area contributed by atoms with Crippen LogP contribution in [0.2, 0.25) is 0 Å². The lowest BCUT2D eigenvalue weighted by Crippen LogP contribution is -2.36. The van der Waals surface area contributed by atoms with Crippen LogP contribution in [0.4, 0.5) is 11.4 Å². The number of ether oxygens (including phenoxy) is 1. The van der Waals surface area contributed by atoms with E-state index in [1.54, 1.807) is 6.26 Å². The zero-order chi connectivity index (χ0) is 17.9. The van der Waals surface area contributed by atoms with Crippen LogP contribution < -0.4 is 10.2 Å². The Morgan fingerprint density at radius 1 is 1.19 bits per heavy atom. The molecule has 0 radical (unpaired) electrons. The highest BCUT2D eigenvalue weighted by Crippen LogP contribution is 2.30. The number of rotatable bonds is 4. The maximum atomic E-state index is 12.8. The van der Waals surface area contributed by atoms with Crippen molar-refractivity contribution in [3.63, 3.8) is 0 Å². The lowest BCUT2D eigenvalue weighted by atomic mass is 10.2. The molecule has 7 heteroatoms. The fourth-order valence-corrected chi connectivity index (χ4v) is 3.83. The molecule has 1 amide bonds. The summed E-state index contributed by atoms with van der Waals surface area (Å²) in [5, 5.41) is 3.72. The smallest absolute Gasteiger partial charge is 0.275 e. The molecule has 0 spiro atoms. The maximum absolute atomic E-state index is 12.8. The number of morpholine rings is 1. The van der Waals surface area contributed by atoms with Crippen LogP contribution in [-0.2, 0) is 4.74 Å². The van der Waals surface area contributed by atoms with Crippen LogP contribution in [0.3, 0.4) is 0 Å². The highest BCUT2D eigenvalue weighted by Gasteiger charge is 2.20. The van der Waals surface area contributed by atoms with E-state index >= 15 is 0 Å². The highest BCUT2D eigenvalue weighted by atomic mass is 32.1. The van der Waals surface area contributed by atoms with Crippen molar-refractivity contribution in [1.29, 1.82) is 0 Å². The third kappa shape index (κ3) is 3.36. The van der Waals surface area contributed by atoms with Gasteiger partial charge in [0, 0.05) is 18.0 Å².